The minimum atomic E-state index is -0.343. The monoisotopic (exact) mass is 408 g/mol. The fraction of sp³-hybridized carbons (Fsp3) is 0.238. The molecule has 148 valence electrons. The summed E-state index contributed by atoms with van der Waals surface area (Å²) in [4.78, 5) is 42.3. The number of hydrogen-bond acceptors (Lipinski definition) is 5. The van der Waals surface area contributed by atoms with Crippen molar-refractivity contribution in [2.75, 3.05) is 18.8 Å². The van der Waals surface area contributed by atoms with Gasteiger partial charge < -0.3 is 5.32 Å². The molecule has 8 heteroatoms. The van der Waals surface area contributed by atoms with Gasteiger partial charge in [0.05, 0.1) is 24.0 Å². The largest absolute Gasteiger partial charge is 0.329 e. The first-order valence-electron chi connectivity index (χ1n) is 9.38. The molecule has 1 fully saturated rings. The predicted molar refractivity (Wildman–Crippen MR) is 112 cm³/mol. The molecule has 0 saturated carbocycles. The van der Waals surface area contributed by atoms with Gasteiger partial charge in [-0.25, -0.2) is 9.78 Å². The zero-order valence-electron chi connectivity index (χ0n) is 15.7. The van der Waals surface area contributed by atoms with Crippen molar-refractivity contribution in [3.63, 3.8) is 0 Å². The Morgan fingerprint density at radius 1 is 1.00 bits per heavy atom. The smallest absolute Gasteiger partial charge is 0.324 e. The number of para-hydroxylation sites is 1. The molecule has 0 bridgehead atoms. The number of aromatic nitrogens is 2. The van der Waals surface area contributed by atoms with E-state index < -0.39 is 0 Å². The quantitative estimate of drug-likeness (QED) is 0.281. The van der Waals surface area contributed by atoms with E-state index in [0.717, 1.165) is 5.56 Å². The van der Waals surface area contributed by atoms with Crippen molar-refractivity contribution >= 4 is 34.6 Å². The van der Waals surface area contributed by atoms with Crippen molar-refractivity contribution in [1.82, 2.24) is 19.8 Å². The van der Waals surface area contributed by atoms with E-state index in [4.69, 9.17) is 4.98 Å². The number of carbonyl (C=O) groups excluding carboxylic acids is 2. The molecule has 7 nitrogen and oxygen atoms in total. The van der Waals surface area contributed by atoms with Gasteiger partial charge in [-0.15, -0.1) is 0 Å². The van der Waals surface area contributed by atoms with Crippen LogP contribution in [0.1, 0.15) is 12.0 Å². The normalized spacial score (nSPS) is 13.9. The maximum Gasteiger partial charge on any atom is 0.324 e. The van der Waals surface area contributed by atoms with Crippen molar-refractivity contribution in [1.29, 1.82) is 0 Å². The van der Waals surface area contributed by atoms with Crippen LogP contribution in [0.3, 0.4) is 0 Å². The molecule has 2 aromatic carbocycles. The molecule has 2 heterocycles. The lowest BCUT2D eigenvalue weighted by molar-refractivity contribution is -0.124. The Bertz CT molecular complexity index is 1100. The van der Waals surface area contributed by atoms with Crippen LogP contribution in [0.2, 0.25) is 0 Å². The molecule has 29 heavy (non-hydrogen) atoms. The van der Waals surface area contributed by atoms with Gasteiger partial charge in [-0.2, -0.15) is 0 Å². The molecule has 3 aromatic rings. The number of nitrogens with one attached hydrogen (secondary N) is 1. The van der Waals surface area contributed by atoms with E-state index in [0.29, 0.717) is 41.3 Å². The Balaban J connectivity index is 1.55. The predicted octanol–water partition coefficient (Wildman–Crippen LogP) is 2.48. The number of thioether (sulfide) groups is 1. The van der Waals surface area contributed by atoms with Crippen molar-refractivity contribution in [2.24, 2.45) is 0 Å². The summed E-state index contributed by atoms with van der Waals surface area (Å²) in [7, 11) is 0. The molecule has 3 amide bonds. The van der Waals surface area contributed by atoms with Crippen molar-refractivity contribution in [3.8, 4) is 0 Å². The van der Waals surface area contributed by atoms with E-state index in [2.05, 4.69) is 5.32 Å². The standard InChI is InChI=1S/C21H20N4O3S/c26-18-13-22-20(28)24(18)11-6-12-29-21-23-17-10-5-4-9-16(17)19(27)25(21)14-15-7-2-1-3-8-15/h1-5,7-10H,6,11-14H2,(H,22,28). The topological polar surface area (TPSA) is 84.3 Å². The van der Waals surface area contributed by atoms with Gasteiger partial charge in [0.2, 0.25) is 5.91 Å². The molecule has 0 atom stereocenters. The third kappa shape index (κ3) is 4.17. The number of fused-ring (bicyclic) bond motifs is 1. The maximum absolute atomic E-state index is 13.1. The van der Waals surface area contributed by atoms with Gasteiger partial charge in [0.25, 0.3) is 5.56 Å². The average molecular weight is 408 g/mol. The zero-order valence-corrected chi connectivity index (χ0v) is 16.5. The third-order valence-corrected chi connectivity index (χ3v) is 5.77. The molecular formula is C21H20N4O3S. The molecule has 0 radical (unpaired) electrons. The second kappa shape index (κ2) is 8.48. The Labute approximate surface area is 171 Å². The molecule has 1 aliphatic rings. The van der Waals surface area contributed by atoms with Gasteiger partial charge >= 0.3 is 6.03 Å². The maximum atomic E-state index is 13.1. The molecule has 4 rings (SSSR count). The highest BCUT2D eigenvalue weighted by Crippen LogP contribution is 2.20. The van der Waals surface area contributed by atoms with Crippen LogP contribution in [0.15, 0.2) is 64.5 Å². The zero-order chi connectivity index (χ0) is 20.2. The minimum absolute atomic E-state index is 0.0643. The van der Waals surface area contributed by atoms with Crippen LogP contribution < -0.4 is 10.9 Å². The summed E-state index contributed by atoms with van der Waals surface area (Å²) < 4.78 is 1.69. The lowest BCUT2D eigenvalue weighted by Gasteiger charge is -2.14. The first kappa shape index (κ1) is 19.2. The molecule has 0 unspecified atom stereocenters. The van der Waals surface area contributed by atoms with Gasteiger partial charge in [0.15, 0.2) is 5.16 Å². The van der Waals surface area contributed by atoms with Crippen molar-refractivity contribution in [2.45, 2.75) is 18.1 Å². The van der Waals surface area contributed by atoms with E-state index in [-0.39, 0.29) is 24.0 Å². The van der Waals surface area contributed by atoms with E-state index >= 15 is 0 Å². The lowest BCUT2D eigenvalue weighted by Crippen LogP contribution is -2.32. The van der Waals surface area contributed by atoms with E-state index in [9.17, 15) is 14.4 Å². The fourth-order valence-corrected chi connectivity index (χ4v) is 4.15. The Hall–Kier alpha value is -3.13. The molecular weight excluding hydrogens is 388 g/mol. The summed E-state index contributed by atoms with van der Waals surface area (Å²) >= 11 is 1.46. The Morgan fingerprint density at radius 3 is 2.52 bits per heavy atom. The van der Waals surface area contributed by atoms with E-state index in [1.165, 1.54) is 16.7 Å². The van der Waals surface area contributed by atoms with Crippen LogP contribution in [0, 0.1) is 0 Å². The van der Waals surface area contributed by atoms with Gasteiger partial charge in [-0.05, 0) is 24.1 Å². The molecule has 1 saturated heterocycles. The van der Waals surface area contributed by atoms with Gasteiger partial charge in [-0.3, -0.25) is 19.1 Å². The molecule has 1 aromatic heterocycles. The number of imide groups is 1. The number of hydrogen-bond donors (Lipinski definition) is 1. The number of urea groups is 1. The lowest BCUT2D eigenvalue weighted by atomic mass is 10.2. The average Bonchev–Trinajstić information content (AvgIpc) is 3.06. The van der Waals surface area contributed by atoms with Crippen molar-refractivity contribution in [3.05, 3.63) is 70.5 Å². The van der Waals surface area contributed by atoms with E-state index in [1.54, 1.807) is 10.6 Å². The van der Waals surface area contributed by atoms with Gasteiger partial charge in [-0.1, -0.05) is 54.2 Å². The van der Waals surface area contributed by atoms with Crippen LogP contribution >= 0.6 is 11.8 Å². The Kier molecular flexibility index (Phi) is 5.62. The summed E-state index contributed by atoms with van der Waals surface area (Å²) in [5.41, 5.74) is 1.61. The molecule has 0 aliphatic carbocycles. The van der Waals surface area contributed by atoms with Crippen LogP contribution in [0.4, 0.5) is 4.79 Å². The number of amides is 3. The summed E-state index contributed by atoms with van der Waals surface area (Å²) in [6.45, 7) is 0.857. The van der Waals surface area contributed by atoms with Crippen LogP contribution in [0.25, 0.3) is 10.9 Å². The summed E-state index contributed by atoms with van der Waals surface area (Å²) in [5.74, 6) is 0.432. The number of nitrogens with zero attached hydrogens (tertiary/aromatic N) is 3. The molecule has 0 spiro atoms. The number of carbonyl (C=O) groups is 2. The summed E-state index contributed by atoms with van der Waals surface area (Å²) in [6.07, 6.45) is 0.623. The highest BCUT2D eigenvalue weighted by Gasteiger charge is 2.27. The van der Waals surface area contributed by atoms with Crippen LogP contribution in [-0.2, 0) is 11.3 Å². The fourth-order valence-electron chi connectivity index (χ4n) is 3.23. The number of benzene rings is 2. The highest BCUT2D eigenvalue weighted by molar-refractivity contribution is 7.99. The summed E-state index contributed by atoms with van der Waals surface area (Å²) in [5, 5.41) is 3.74. The second-order valence-corrected chi connectivity index (χ2v) is 7.76. The van der Waals surface area contributed by atoms with E-state index in [1.807, 2.05) is 48.5 Å². The first-order valence-corrected chi connectivity index (χ1v) is 10.4. The summed E-state index contributed by atoms with van der Waals surface area (Å²) in [6, 6.07) is 16.8. The minimum Gasteiger partial charge on any atom is -0.329 e. The molecule has 1 N–H and O–H groups in total. The Morgan fingerprint density at radius 2 is 1.76 bits per heavy atom. The molecule has 1 aliphatic heterocycles. The first-order chi connectivity index (χ1) is 14.1. The van der Waals surface area contributed by atoms with Crippen LogP contribution in [-0.4, -0.2) is 45.2 Å². The number of rotatable bonds is 7. The highest BCUT2D eigenvalue weighted by atomic mass is 32.2. The van der Waals surface area contributed by atoms with Gasteiger partial charge in [0, 0.05) is 12.3 Å². The van der Waals surface area contributed by atoms with Gasteiger partial charge in [0.1, 0.15) is 0 Å². The second-order valence-electron chi connectivity index (χ2n) is 6.69. The van der Waals surface area contributed by atoms with Crippen molar-refractivity contribution < 1.29 is 9.59 Å². The van der Waals surface area contributed by atoms with Crippen LogP contribution in [0.5, 0.6) is 0 Å². The third-order valence-electron chi connectivity index (χ3n) is 4.70. The SMILES string of the molecule is O=C1CNC(=O)N1CCCSc1nc2ccccc2c(=O)n1Cc1ccccc1.